The van der Waals surface area contributed by atoms with E-state index in [0.29, 0.717) is 11.4 Å². The summed E-state index contributed by atoms with van der Waals surface area (Å²) in [7, 11) is 2.08. The third-order valence-electron chi connectivity index (χ3n) is 6.47. The smallest absolute Gasteiger partial charge is 0.257 e. The first kappa shape index (κ1) is 26.4. The summed E-state index contributed by atoms with van der Waals surface area (Å²) in [6, 6.07) is 14.5. The highest BCUT2D eigenvalue weighted by Crippen LogP contribution is 2.34. The lowest BCUT2D eigenvalue weighted by Gasteiger charge is -2.35. The van der Waals surface area contributed by atoms with Crippen LogP contribution in [0, 0.1) is 12.7 Å². The van der Waals surface area contributed by atoms with Crippen LogP contribution in [-0.4, -0.2) is 56.5 Å². The third-order valence-corrected chi connectivity index (χ3v) is 6.96. The van der Waals surface area contributed by atoms with Crippen molar-refractivity contribution in [3.8, 4) is 11.1 Å². The second-order valence-electron chi connectivity index (χ2n) is 9.07. The first-order chi connectivity index (χ1) is 17.7. The molecule has 0 radical (unpaired) electrons. The van der Waals surface area contributed by atoms with Crippen LogP contribution in [0.15, 0.2) is 48.5 Å². The maximum Gasteiger partial charge on any atom is 0.257 e. The lowest BCUT2D eigenvalue weighted by Crippen LogP contribution is -2.44. The van der Waals surface area contributed by atoms with E-state index in [4.69, 9.17) is 23.1 Å². The van der Waals surface area contributed by atoms with Gasteiger partial charge in [-0.1, -0.05) is 29.8 Å². The fourth-order valence-corrected chi connectivity index (χ4v) is 4.47. The van der Waals surface area contributed by atoms with E-state index >= 15 is 0 Å². The van der Waals surface area contributed by atoms with Crippen molar-refractivity contribution >= 4 is 46.2 Å². The molecule has 0 aliphatic carbocycles. The fraction of sp³-hybridized carbons (Fsp3) is 0.259. The molecule has 0 bridgehead atoms. The van der Waals surface area contributed by atoms with Crippen molar-refractivity contribution in [2.24, 2.45) is 5.73 Å². The number of likely N-dealkylation sites (N-methyl/N-ethyl adjacent to an activating group) is 1. The van der Waals surface area contributed by atoms with Gasteiger partial charge in [0.05, 0.1) is 34.2 Å². The van der Waals surface area contributed by atoms with Gasteiger partial charge in [0.25, 0.3) is 5.91 Å². The molecule has 0 unspecified atom stereocenters. The summed E-state index contributed by atoms with van der Waals surface area (Å²) in [5.41, 5.74) is 15.1. The zero-order chi connectivity index (χ0) is 26.7. The van der Waals surface area contributed by atoms with Crippen molar-refractivity contribution in [1.82, 2.24) is 4.90 Å². The van der Waals surface area contributed by atoms with E-state index in [2.05, 4.69) is 27.5 Å². The molecule has 0 spiro atoms. The van der Waals surface area contributed by atoms with Crippen molar-refractivity contribution in [2.75, 3.05) is 61.0 Å². The Morgan fingerprint density at radius 1 is 1.00 bits per heavy atom. The van der Waals surface area contributed by atoms with Gasteiger partial charge in [0.1, 0.15) is 0 Å². The van der Waals surface area contributed by atoms with E-state index in [1.165, 1.54) is 13.0 Å². The van der Waals surface area contributed by atoms with Crippen LogP contribution in [0.2, 0.25) is 5.02 Å². The molecule has 1 aliphatic rings. The molecule has 3 aromatic carbocycles. The number of rotatable bonds is 6. The fourth-order valence-electron chi connectivity index (χ4n) is 4.25. The second kappa shape index (κ2) is 11.2. The Bertz CT molecular complexity index is 1320. The molecule has 3 aromatic rings. The predicted octanol–water partition coefficient (Wildman–Crippen LogP) is 3.94. The van der Waals surface area contributed by atoms with Crippen molar-refractivity contribution in [1.29, 1.82) is 0 Å². The number of carbonyl (C=O) groups excluding carboxylic acids is 2. The van der Waals surface area contributed by atoms with E-state index in [9.17, 15) is 14.0 Å². The molecule has 8 nitrogen and oxygen atoms in total. The second-order valence-corrected chi connectivity index (χ2v) is 9.45. The average Bonchev–Trinajstić information content (AvgIpc) is 2.90. The van der Waals surface area contributed by atoms with Gasteiger partial charge in [-0.2, -0.15) is 0 Å². The van der Waals surface area contributed by atoms with Crippen LogP contribution in [0.1, 0.15) is 15.9 Å². The number of hydrogen-bond donors (Lipinski definition) is 4. The molecule has 0 atom stereocenters. The molecule has 1 heterocycles. The molecular weight excluding hydrogens is 495 g/mol. The SMILES string of the molecule is Cc1c(F)c(N)cc(C(=O)Nc2cc(-c3ccc(NC(=O)CN)cc3)ccc2N2CCN(C)CC2)c1Cl. The zero-order valence-electron chi connectivity index (χ0n) is 20.8. The molecule has 4 rings (SSSR count). The number of piperazine rings is 1. The van der Waals surface area contributed by atoms with E-state index in [-0.39, 0.29) is 34.3 Å². The maximum absolute atomic E-state index is 14.2. The number of nitrogens with one attached hydrogen (secondary N) is 2. The van der Waals surface area contributed by atoms with Crippen LogP contribution < -0.4 is 27.0 Å². The highest BCUT2D eigenvalue weighted by atomic mass is 35.5. The van der Waals surface area contributed by atoms with Crippen molar-refractivity contribution in [2.45, 2.75) is 6.92 Å². The number of nitrogen functional groups attached to an aromatic ring is 1. The molecule has 194 valence electrons. The Morgan fingerprint density at radius 2 is 1.65 bits per heavy atom. The number of amides is 2. The average molecular weight is 525 g/mol. The number of nitrogens with two attached hydrogens (primary N) is 2. The normalized spacial score (nSPS) is 13.9. The number of hydrogen-bond acceptors (Lipinski definition) is 6. The number of halogens is 2. The number of carbonyl (C=O) groups is 2. The van der Waals surface area contributed by atoms with Crippen molar-refractivity contribution in [3.63, 3.8) is 0 Å². The van der Waals surface area contributed by atoms with Gasteiger partial charge in [-0.25, -0.2) is 4.39 Å². The molecule has 1 fully saturated rings. The summed E-state index contributed by atoms with van der Waals surface area (Å²) in [4.78, 5) is 29.3. The zero-order valence-corrected chi connectivity index (χ0v) is 21.5. The Labute approximate surface area is 220 Å². The minimum atomic E-state index is -0.632. The maximum atomic E-state index is 14.2. The summed E-state index contributed by atoms with van der Waals surface area (Å²) < 4.78 is 14.2. The standard InChI is InChI=1S/C27H30ClFN6O2/c1-16-25(28)20(14-21(31)26(16)29)27(37)33-22-13-18(5-8-23(22)35-11-9-34(2)10-12-35)17-3-6-19(7-4-17)32-24(36)15-30/h3-8,13-14H,9-12,15,30-31H2,1-2H3,(H,32,36)(H,33,37). The Balaban J connectivity index is 1.69. The van der Waals surface area contributed by atoms with E-state index < -0.39 is 11.7 Å². The van der Waals surface area contributed by atoms with Crippen LogP contribution >= 0.6 is 11.6 Å². The van der Waals surface area contributed by atoms with Crippen LogP contribution in [0.3, 0.4) is 0 Å². The topological polar surface area (TPSA) is 117 Å². The summed E-state index contributed by atoms with van der Waals surface area (Å²) in [6.07, 6.45) is 0. The van der Waals surface area contributed by atoms with E-state index in [0.717, 1.165) is 43.0 Å². The first-order valence-electron chi connectivity index (χ1n) is 11.9. The molecule has 1 saturated heterocycles. The largest absolute Gasteiger partial charge is 0.396 e. The Hall–Kier alpha value is -3.66. The van der Waals surface area contributed by atoms with Crippen LogP contribution in [0.25, 0.3) is 11.1 Å². The molecule has 0 aromatic heterocycles. The van der Waals surface area contributed by atoms with E-state index in [1.807, 2.05) is 30.3 Å². The Morgan fingerprint density at radius 3 is 2.30 bits per heavy atom. The molecule has 2 amide bonds. The van der Waals surface area contributed by atoms with Gasteiger partial charge in [-0.15, -0.1) is 0 Å². The monoisotopic (exact) mass is 524 g/mol. The summed E-state index contributed by atoms with van der Waals surface area (Å²) in [6.45, 7) is 4.78. The van der Waals surface area contributed by atoms with Gasteiger partial charge in [-0.05, 0) is 55.4 Å². The Kier molecular flexibility index (Phi) is 7.97. The first-order valence-corrected chi connectivity index (χ1v) is 12.3. The minimum absolute atomic E-state index is 0.0246. The summed E-state index contributed by atoms with van der Waals surface area (Å²) in [5, 5.41) is 5.72. The van der Waals surface area contributed by atoms with Gasteiger partial charge >= 0.3 is 0 Å². The molecule has 10 heteroatoms. The van der Waals surface area contributed by atoms with Crippen molar-refractivity contribution in [3.05, 3.63) is 70.5 Å². The van der Waals surface area contributed by atoms with Gasteiger partial charge in [0.2, 0.25) is 5.91 Å². The molecule has 6 N–H and O–H groups in total. The summed E-state index contributed by atoms with van der Waals surface area (Å²) >= 11 is 6.31. The van der Waals surface area contributed by atoms with Gasteiger partial charge in [-0.3, -0.25) is 9.59 Å². The van der Waals surface area contributed by atoms with Crippen molar-refractivity contribution < 1.29 is 14.0 Å². The van der Waals surface area contributed by atoms with Crippen LogP contribution in [0.4, 0.5) is 27.1 Å². The molecule has 0 saturated carbocycles. The number of nitrogens with zero attached hydrogens (tertiary/aromatic N) is 2. The van der Waals surface area contributed by atoms with Gasteiger partial charge in [0.15, 0.2) is 5.82 Å². The molecule has 37 heavy (non-hydrogen) atoms. The predicted molar refractivity (Wildman–Crippen MR) is 148 cm³/mol. The van der Waals surface area contributed by atoms with Gasteiger partial charge in [0, 0.05) is 37.4 Å². The highest BCUT2D eigenvalue weighted by molar-refractivity contribution is 6.35. The molecular formula is C27H30ClFN6O2. The summed E-state index contributed by atoms with van der Waals surface area (Å²) in [5.74, 6) is -1.38. The van der Waals surface area contributed by atoms with Crippen LogP contribution in [0.5, 0.6) is 0 Å². The molecule has 1 aliphatic heterocycles. The lowest BCUT2D eigenvalue weighted by atomic mass is 10.0. The number of benzene rings is 3. The quantitative estimate of drug-likeness (QED) is 0.363. The number of anilines is 4. The third kappa shape index (κ3) is 5.85. The highest BCUT2D eigenvalue weighted by Gasteiger charge is 2.22. The lowest BCUT2D eigenvalue weighted by molar-refractivity contribution is -0.114. The minimum Gasteiger partial charge on any atom is -0.396 e. The van der Waals surface area contributed by atoms with E-state index in [1.54, 1.807) is 12.1 Å². The van der Waals surface area contributed by atoms with Crippen LogP contribution in [-0.2, 0) is 4.79 Å². The van der Waals surface area contributed by atoms with Gasteiger partial charge < -0.3 is 31.9 Å².